The molecule has 2 rings (SSSR count). The Kier molecular flexibility index (Phi) is 5.22. The maximum absolute atomic E-state index is 12.8. The summed E-state index contributed by atoms with van der Waals surface area (Å²) in [7, 11) is 0. The number of aldehydes is 1. The van der Waals surface area contributed by atoms with Crippen LogP contribution in [-0.2, 0) is 6.18 Å². The van der Waals surface area contributed by atoms with Gasteiger partial charge in [0.25, 0.3) is 0 Å². The van der Waals surface area contributed by atoms with Gasteiger partial charge in [-0.2, -0.15) is 13.2 Å². The van der Waals surface area contributed by atoms with Gasteiger partial charge >= 0.3 is 6.18 Å². The summed E-state index contributed by atoms with van der Waals surface area (Å²) < 4.78 is 43.8. The van der Waals surface area contributed by atoms with Gasteiger partial charge in [-0.05, 0) is 44.0 Å². The monoisotopic (exact) mass is 301 g/mol. The standard InChI is InChI=1S/C15H18F3NO2/c16-15(17,18)14-9-13(5-4-11(14)10-20)21-8-6-12-3-1-2-7-19-12/h4-5,9-10,12,19H,1-3,6-8H2. The van der Waals surface area contributed by atoms with Gasteiger partial charge in [0.05, 0.1) is 12.2 Å². The van der Waals surface area contributed by atoms with E-state index < -0.39 is 11.7 Å². The lowest BCUT2D eigenvalue weighted by atomic mass is 10.0. The van der Waals surface area contributed by atoms with Gasteiger partial charge in [0.15, 0.2) is 6.29 Å². The van der Waals surface area contributed by atoms with Gasteiger partial charge in [-0.15, -0.1) is 0 Å². The summed E-state index contributed by atoms with van der Waals surface area (Å²) in [5.41, 5.74) is -1.32. The van der Waals surface area contributed by atoms with E-state index in [2.05, 4.69) is 5.32 Å². The summed E-state index contributed by atoms with van der Waals surface area (Å²) in [6.07, 6.45) is -0.180. The van der Waals surface area contributed by atoms with Crippen molar-refractivity contribution in [2.75, 3.05) is 13.2 Å². The minimum Gasteiger partial charge on any atom is -0.494 e. The summed E-state index contributed by atoms with van der Waals surface area (Å²) in [6, 6.07) is 3.80. The van der Waals surface area contributed by atoms with E-state index >= 15 is 0 Å². The van der Waals surface area contributed by atoms with Crippen LogP contribution in [0.25, 0.3) is 0 Å². The van der Waals surface area contributed by atoms with E-state index in [-0.39, 0.29) is 17.6 Å². The van der Waals surface area contributed by atoms with E-state index in [4.69, 9.17) is 4.74 Å². The van der Waals surface area contributed by atoms with Crippen LogP contribution in [0.5, 0.6) is 5.75 Å². The van der Waals surface area contributed by atoms with E-state index in [1.165, 1.54) is 18.9 Å². The lowest BCUT2D eigenvalue weighted by Crippen LogP contribution is -2.35. The lowest BCUT2D eigenvalue weighted by Gasteiger charge is -2.23. The number of ether oxygens (including phenoxy) is 1. The van der Waals surface area contributed by atoms with Crippen molar-refractivity contribution in [1.29, 1.82) is 0 Å². The normalized spacial score (nSPS) is 19.3. The minimum atomic E-state index is -4.56. The number of hydrogen-bond donors (Lipinski definition) is 1. The first-order chi connectivity index (χ1) is 10.0. The van der Waals surface area contributed by atoms with E-state index in [0.717, 1.165) is 31.5 Å². The SMILES string of the molecule is O=Cc1ccc(OCCC2CCCCN2)cc1C(F)(F)F. The number of benzene rings is 1. The smallest absolute Gasteiger partial charge is 0.417 e. The highest BCUT2D eigenvalue weighted by molar-refractivity contribution is 5.78. The number of carbonyl (C=O) groups is 1. The average molecular weight is 301 g/mol. The van der Waals surface area contributed by atoms with Gasteiger partial charge in [0.1, 0.15) is 5.75 Å². The second-order valence-electron chi connectivity index (χ2n) is 5.15. The Morgan fingerprint density at radius 1 is 1.33 bits per heavy atom. The molecule has 0 saturated carbocycles. The highest BCUT2D eigenvalue weighted by Crippen LogP contribution is 2.33. The number of carbonyl (C=O) groups excluding carboxylic acids is 1. The molecule has 21 heavy (non-hydrogen) atoms. The van der Waals surface area contributed by atoms with Crippen LogP contribution in [-0.4, -0.2) is 25.5 Å². The molecule has 1 aliphatic heterocycles. The Labute approximate surface area is 121 Å². The molecule has 1 aliphatic rings. The maximum Gasteiger partial charge on any atom is 0.417 e. The molecule has 1 unspecified atom stereocenters. The average Bonchev–Trinajstić information content (AvgIpc) is 2.47. The molecule has 1 atom stereocenters. The first-order valence-corrected chi connectivity index (χ1v) is 7.03. The molecule has 0 radical (unpaired) electrons. The van der Waals surface area contributed by atoms with Gasteiger partial charge in [-0.1, -0.05) is 6.42 Å². The summed E-state index contributed by atoms with van der Waals surface area (Å²) >= 11 is 0. The molecule has 1 aromatic carbocycles. The molecule has 1 aromatic rings. The molecule has 1 heterocycles. The topological polar surface area (TPSA) is 38.3 Å². The summed E-state index contributed by atoms with van der Waals surface area (Å²) in [5, 5.41) is 3.35. The third kappa shape index (κ3) is 4.46. The van der Waals surface area contributed by atoms with Crippen LogP contribution in [0.3, 0.4) is 0 Å². The summed E-state index contributed by atoms with van der Waals surface area (Å²) in [6.45, 7) is 1.34. The molecule has 1 saturated heterocycles. The predicted molar refractivity (Wildman–Crippen MR) is 72.6 cm³/mol. The fourth-order valence-electron chi connectivity index (χ4n) is 2.46. The van der Waals surface area contributed by atoms with Crippen LogP contribution >= 0.6 is 0 Å². The summed E-state index contributed by atoms with van der Waals surface area (Å²) in [5.74, 6) is 0.142. The molecule has 6 heteroatoms. The molecule has 1 N–H and O–H groups in total. The Bertz CT molecular complexity index is 482. The van der Waals surface area contributed by atoms with Crippen LogP contribution in [0, 0.1) is 0 Å². The van der Waals surface area contributed by atoms with Gasteiger partial charge in [-0.25, -0.2) is 0 Å². The van der Waals surface area contributed by atoms with Crippen LogP contribution in [0.1, 0.15) is 41.6 Å². The van der Waals surface area contributed by atoms with E-state index in [0.29, 0.717) is 12.6 Å². The molecule has 0 amide bonds. The third-order valence-corrected chi connectivity index (χ3v) is 3.60. The fourth-order valence-corrected chi connectivity index (χ4v) is 2.46. The molecular formula is C15H18F3NO2. The van der Waals surface area contributed by atoms with E-state index in [1.54, 1.807) is 0 Å². The Balaban J connectivity index is 1.95. The number of halogens is 3. The molecule has 0 aliphatic carbocycles. The number of piperidine rings is 1. The highest BCUT2D eigenvalue weighted by atomic mass is 19.4. The minimum absolute atomic E-state index is 0.142. The Hall–Kier alpha value is -1.56. The predicted octanol–water partition coefficient (Wildman–Crippen LogP) is 3.43. The van der Waals surface area contributed by atoms with Gasteiger partial charge in [-0.3, -0.25) is 4.79 Å². The van der Waals surface area contributed by atoms with Crippen molar-refractivity contribution >= 4 is 6.29 Å². The molecule has 0 aromatic heterocycles. The Morgan fingerprint density at radius 3 is 2.76 bits per heavy atom. The van der Waals surface area contributed by atoms with Crippen molar-refractivity contribution in [3.63, 3.8) is 0 Å². The zero-order chi connectivity index (χ0) is 15.3. The highest BCUT2D eigenvalue weighted by Gasteiger charge is 2.33. The number of rotatable bonds is 5. The molecule has 116 valence electrons. The van der Waals surface area contributed by atoms with Crippen LogP contribution in [0.15, 0.2) is 18.2 Å². The van der Waals surface area contributed by atoms with E-state index in [1.807, 2.05) is 0 Å². The summed E-state index contributed by atoms with van der Waals surface area (Å²) in [4.78, 5) is 10.7. The lowest BCUT2D eigenvalue weighted by molar-refractivity contribution is -0.137. The van der Waals surface area contributed by atoms with Crippen molar-refractivity contribution in [1.82, 2.24) is 5.32 Å². The van der Waals surface area contributed by atoms with Crippen LogP contribution in [0.2, 0.25) is 0 Å². The van der Waals surface area contributed by atoms with Crippen LogP contribution < -0.4 is 10.1 Å². The number of nitrogens with one attached hydrogen (secondary N) is 1. The zero-order valence-electron chi connectivity index (χ0n) is 11.6. The zero-order valence-corrected chi connectivity index (χ0v) is 11.6. The third-order valence-electron chi connectivity index (χ3n) is 3.60. The van der Waals surface area contributed by atoms with E-state index in [9.17, 15) is 18.0 Å². The van der Waals surface area contributed by atoms with Gasteiger partial charge in [0, 0.05) is 11.6 Å². The van der Waals surface area contributed by atoms with Gasteiger partial charge in [0.2, 0.25) is 0 Å². The largest absolute Gasteiger partial charge is 0.494 e. The maximum atomic E-state index is 12.8. The first kappa shape index (κ1) is 15.8. The van der Waals surface area contributed by atoms with Crippen molar-refractivity contribution < 1.29 is 22.7 Å². The quantitative estimate of drug-likeness (QED) is 0.847. The van der Waals surface area contributed by atoms with Crippen LogP contribution in [0.4, 0.5) is 13.2 Å². The second-order valence-corrected chi connectivity index (χ2v) is 5.15. The van der Waals surface area contributed by atoms with Crippen molar-refractivity contribution in [2.24, 2.45) is 0 Å². The molecule has 0 spiro atoms. The molecule has 0 bridgehead atoms. The molecule has 3 nitrogen and oxygen atoms in total. The first-order valence-electron chi connectivity index (χ1n) is 7.03. The Morgan fingerprint density at radius 2 is 2.14 bits per heavy atom. The van der Waals surface area contributed by atoms with Crippen molar-refractivity contribution in [3.05, 3.63) is 29.3 Å². The van der Waals surface area contributed by atoms with Crippen molar-refractivity contribution in [2.45, 2.75) is 37.9 Å². The van der Waals surface area contributed by atoms with Crippen molar-refractivity contribution in [3.8, 4) is 5.75 Å². The number of hydrogen-bond acceptors (Lipinski definition) is 3. The second kappa shape index (κ2) is 6.93. The van der Waals surface area contributed by atoms with Gasteiger partial charge < -0.3 is 10.1 Å². The number of alkyl halides is 3. The molecular weight excluding hydrogens is 283 g/mol. The molecule has 1 fully saturated rings. The fraction of sp³-hybridized carbons (Fsp3) is 0.533.